The molecule has 9 nitrogen and oxygen atoms in total. The highest BCUT2D eigenvalue weighted by atomic mass is 35.5. The number of halogens is 1. The van der Waals surface area contributed by atoms with Crippen molar-refractivity contribution in [3.8, 4) is 5.75 Å². The number of carbonyl (C=O) groups is 1. The van der Waals surface area contributed by atoms with Crippen LogP contribution in [0.3, 0.4) is 0 Å². The van der Waals surface area contributed by atoms with Gasteiger partial charge in [0.2, 0.25) is 10.0 Å². The van der Waals surface area contributed by atoms with E-state index in [9.17, 15) is 18.3 Å². The van der Waals surface area contributed by atoms with Gasteiger partial charge in [0, 0.05) is 43.9 Å². The number of benzene rings is 2. The summed E-state index contributed by atoms with van der Waals surface area (Å²) in [6.45, 7) is 7.19. The van der Waals surface area contributed by atoms with Crippen LogP contribution in [0.2, 0.25) is 5.02 Å². The topological polar surface area (TPSA) is 108 Å². The van der Waals surface area contributed by atoms with E-state index in [4.69, 9.17) is 21.1 Å². The minimum absolute atomic E-state index is 0.0947. The summed E-state index contributed by atoms with van der Waals surface area (Å²) in [5.74, 6) is 0.156. The SMILES string of the molecule is COCCN(C)CC1(O)CCC[C@H](C)[C@@H](C)S(=O)(=O)NC(=O)c2ccc3c(c2)N(CCCCc2cc(Cl)ccc2CO3)C[C@@H]2CC[C@H]21. The van der Waals surface area contributed by atoms with Gasteiger partial charge in [-0.3, -0.25) is 4.79 Å². The number of aryl methyl sites for hydroxylation is 1. The quantitative estimate of drug-likeness (QED) is 0.414. The molecular weight excluding hydrogens is 638 g/mol. The summed E-state index contributed by atoms with van der Waals surface area (Å²) in [5, 5.41) is 12.4. The molecule has 1 fully saturated rings. The third-order valence-corrected chi connectivity index (χ3v) is 13.0. The van der Waals surface area contributed by atoms with Crippen molar-refractivity contribution in [3.05, 3.63) is 58.1 Å². The molecule has 2 heterocycles. The second-order valence-electron chi connectivity index (χ2n) is 14.1. The predicted octanol–water partition coefficient (Wildman–Crippen LogP) is 5.67. The van der Waals surface area contributed by atoms with Gasteiger partial charge in [-0.25, -0.2) is 13.1 Å². The first-order valence-corrected chi connectivity index (χ1v) is 19.1. The van der Waals surface area contributed by atoms with Crippen molar-refractivity contribution in [1.29, 1.82) is 0 Å². The summed E-state index contributed by atoms with van der Waals surface area (Å²) in [7, 11) is -0.230. The zero-order chi connectivity index (χ0) is 33.8. The van der Waals surface area contributed by atoms with Gasteiger partial charge in [-0.2, -0.15) is 0 Å². The van der Waals surface area contributed by atoms with E-state index in [1.807, 2.05) is 32.2 Å². The van der Waals surface area contributed by atoms with E-state index < -0.39 is 26.8 Å². The van der Waals surface area contributed by atoms with Crippen molar-refractivity contribution in [2.45, 2.75) is 82.7 Å². The fraction of sp³-hybridized carbons (Fsp3) is 0.639. The minimum atomic E-state index is -3.94. The molecule has 2 aliphatic heterocycles. The zero-order valence-electron chi connectivity index (χ0n) is 28.3. The molecule has 2 N–H and O–H groups in total. The van der Waals surface area contributed by atoms with E-state index in [0.29, 0.717) is 56.3 Å². The number of aliphatic hydroxyl groups is 1. The van der Waals surface area contributed by atoms with Crippen molar-refractivity contribution in [3.63, 3.8) is 0 Å². The lowest BCUT2D eigenvalue weighted by atomic mass is 9.62. The Morgan fingerprint density at radius 2 is 1.91 bits per heavy atom. The van der Waals surface area contributed by atoms with E-state index in [1.165, 1.54) is 5.56 Å². The Labute approximate surface area is 286 Å². The smallest absolute Gasteiger partial charge is 0.264 e. The minimum Gasteiger partial charge on any atom is -0.487 e. The number of anilines is 1. The summed E-state index contributed by atoms with van der Waals surface area (Å²) < 4.78 is 41.0. The van der Waals surface area contributed by atoms with Crippen LogP contribution in [0.1, 0.15) is 80.3 Å². The molecule has 3 aliphatic rings. The first kappa shape index (κ1) is 35.9. The molecule has 1 saturated carbocycles. The number of methoxy groups -OCH3 is 1. The number of carbonyl (C=O) groups excluding carboxylic acids is 1. The number of nitrogens with one attached hydrogen (secondary N) is 1. The number of hydrogen-bond acceptors (Lipinski definition) is 8. The molecule has 1 amide bonds. The van der Waals surface area contributed by atoms with Crippen LogP contribution in [0.5, 0.6) is 5.75 Å². The molecule has 2 aromatic rings. The maximum Gasteiger partial charge on any atom is 0.264 e. The summed E-state index contributed by atoms with van der Waals surface area (Å²) in [6.07, 6.45) is 6.60. The van der Waals surface area contributed by atoms with E-state index >= 15 is 0 Å². The Kier molecular flexibility index (Phi) is 11.8. The highest BCUT2D eigenvalue weighted by molar-refractivity contribution is 7.90. The van der Waals surface area contributed by atoms with Gasteiger partial charge in [0.1, 0.15) is 12.4 Å². The van der Waals surface area contributed by atoms with Gasteiger partial charge in [0.25, 0.3) is 5.91 Å². The number of sulfonamides is 1. The normalized spacial score (nSPS) is 28.6. The van der Waals surface area contributed by atoms with Crippen LogP contribution in [0.15, 0.2) is 36.4 Å². The lowest BCUT2D eigenvalue weighted by Gasteiger charge is -2.50. The van der Waals surface area contributed by atoms with E-state index in [1.54, 1.807) is 32.2 Å². The van der Waals surface area contributed by atoms with Crippen LogP contribution < -0.4 is 14.4 Å². The van der Waals surface area contributed by atoms with Gasteiger partial charge in [-0.15, -0.1) is 0 Å². The molecule has 1 unspecified atom stereocenters. The number of amides is 1. The lowest BCUT2D eigenvalue weighted by Crippen LogP contribution is -2.56. The number of likely N-dealkylation sites (N-methyl/N-ethyl adjacent to an activating group) is 1. The van der Waals surface area contributed by atoms with Crippen molar-refractivity contribution in [1.82, 2.24) is 9.62 Å². The highest BCUT2D eigenvalue weighted by Gasteiger charge is 2.47. The van der Waals surface area contributed by atoms with Crippen LogP contribution in [0.25, 0.3) is 0 Å². The second-order valence-corrected chi connectivity index (χ2v) is 16.6. The summed E-state index contributed by atoms with van der Waals surface area (Å²) in [4.78, 5) is 17.9. The molecule has 0 spiro atoms. The van der Waals surface area contributed by atoms with Crippen LogP contribution in [-0.4, -0.2) is 82.1 Å². The number of nitrogens with zero attached hydrogens (tertiary/aromatic N) is 2. The molecule has 2 bridgehead atoms. The van der Waals surface area contributed by atoms with Crippen LogP contribution in [0.4, 0.5) is 5.69 Å². The van der Waals surface area contributed by atoms with Crippen LogP contribution in [0, 0.1) is 17.8 Å². The summed E-state index contributed by atoms with van der Waals surface area (Å²) >= 11 is 6.35. The van der Waals surface area contributed by atoms with Gasteiger partial charge in [0.05, 0.1) is 23.1 Å². The molecule has 5 atom stereocenters. The van der Waals surface area contributed by atoms with Crippen molar-refractivity contribution >= 4 is 33.2 Å². The van der Waals surface area contributed by atoms with Crippen molar-refractivity contribution < 1.29 is 27.8 Å². The van der Waals surface area contributed by atoms with Crippen molar-refractivity contribution in [2.24, 2.45) is 17.8 Å². The fourth-order valence-electron chi connectivity index (χ4n) is 7.58. The van der Waals surface area contributed by atoms with E-state index in [0.717, 1.165) is 56.4 Å². The number of fused-ring (bicyclic) bond motifs is 3. The molecule has 0 aromatic heterocycles. The maximum atomic E-state index is 13.5. The molecular formula is C36H52ClN3O6S. The predicted molar refractivity (Wildman–Crippen MR) is 187 cm³/mol. The molecule has 1 aliphatic carbocycles. The van der Waals surface area contributed by atoms with E-state index in [-0.39, 0.29) is 23.3 Å². The van der Waals surface area contributed by atoms with Gasteiger partial charge in [-0.1, -0.05) is 31.0 Å². The molecule has 2 aromatic carbocycles. The Morgan fingerprint density at radius 3 is 2.66 bits per heavy atom. The summed E-state index contributed by atoms with van der Waals surface area (Å²) in [5.41, 5.74) is 2.36. The summed E-state index contributed by atoms with van der Waals surface area (Å²) in [6, 6.07) is 11.1. The van der Waals surface area contributed by atoms with E-state index in [2.05, 4.69) is 14.5 Å². The molecule has 0 saturated heterocycles. The number of ether oxygens (including phenoxy) is 2. The Hall–Kier alpha value is -2.37. The van der Waals surface area contributed by atoms with Crippen LogP contribution in [-0.2, 0) is 27.8 Å². The fourth-order valence-corrected chi connectivity index (χ4v) is 9.09. The first-order chi connectivity index (χ1) is 22.4. The Bertz CT molecular complexity index is 1510. The van der Waals surface area contributed by atoms with Gasteiger partial charge < -0.3 is 24.4 Å². The molecule has 5 rings (SSSR count). The molecule has 11 heteroatoms. The monoisotopic (exact) mass is 689 g/mol. The average Bonchev–Trinajstić information content (AvgIpc) is 3.04. The van der Waals surface area contributed by atoms with Crippen molar-refractivity contribution in [2.75, 3.05) is 51.8 Å². The molecule has 47 heavy (non-hydrogen) atoms. The van der Waals surface area contributed by atoms with Gasteiger partial charge in [-0.05, 0) is 118 Å². The maximum absolute atomic E-state index is 13.5. The average molecular weight is 690 g/mol. The van der Waals surface area contributed by atoms with Crippen LogP contribution >= 0.6 is 11.6 Å². The van der Waals surface area contributed by atoms with Gasteiger partial charge >= 0.3 is 0 Å². The first-order valence-electron chi connectivity index (χ1n) is 17.1. The number of hydrogen-bond donors (Lipinski definition) is 2. The largest absolute Gasteiger partial charge is 0.487 e. The van der Waals surface area contributed by atoms with Gasteiger partial charge in [0.15, 0.2) is 0 Å². The third kappa shape index (κ3) is 8.63. The Morgan fingerprint density at radius 1 is 1.11 bits per heavy atom. The Balaban J connectivity index is 1.53. The number of rotatable bonds is 5. The third-order valence-electron chi connectivity index (χ3n) is 10.8. The second kappa shape index (κ2) is 15.5. The standard InChI is InChI=1S/C36H52ClN3O6S/c1-25-8-7-16-36(42,24-39(3)18-19-45-4)32-14-11-29(32)22-40-17-6-5-9-27-20-31(37)13-10-30(27)23-46-34-15-12-28(21-33(34)40)35(41)38-47(43,44)26(25)2/h10,12-13,15,20-21,25-26,29,32,42H,5-9,11,14,16-19,22-24H2,1-4H3,(H,38,41)/t25-,26+,29-,32+,36?/m0/s1. The lowest BCUT2D eigenvalue weighted by molar-refractivity contribution is -0.104. The molecule has 0 radical (unpaired) electrons. The zero-order valence-corrected chi connectivity index (χ0v) is 29.9. The highest BCUT2D eigenvalue weighted by Crippen LogP contribution is 2.46. The molecule has 260 valence electrons.